The van der Waals surface area contributed by atoms with E-state index in [9.17, 15) is 22.0 Å². The van der Waals surface area contributed by atoms with E-state index in [0.717, 1.165) is 0 Å². The van der Waals surface area contributed by atoms with Crippen molar-refractivity contribution in [3.8, 4) is 0 Å². The summed E-state index contributed by atoms with van der Waals surface area (Å²) in [5.41, 5.74) is 0. The van der Waals surface area contributed by atoms with Crippen LogP contribution < -0.4 is 0 Å². The molecule has 1 aliphatic heterocycles. The van der Waals surface area contributed by atoms with Crippen LogP contribution in [-0.4, -0.2) is 24.5 Å². The minimum atomic E-state index is -5.77. The molecule has 90 valence electrons. The fourth-order valence-electron chi connectivity index (χ4n) is 0.656. The highest BCUT2D eigenvalue weighted by Gasteiger charge is 2.62. The van der Waals surface area contributed by atoms with E-state index in [1.54, 1.807) is 0 Å². The largest absolute Gasteiger partial charge is 0.483 e. The van der Waals surface area contributed by atoms with Gasteiger partial charge in [0.05, 0.1) is 12.2 Å². The van der Waals surface area contributed by atoms with Gasteiger partial charge in [-0.2, -0.15) is 22.0 Å². The molecule has 0 bridgehead atoms. The predicted molar refractivity (Wildman–Crippen MR) is 40.1 cm³/mol. The monoisotopic (exact) mass is 254 g/mol. The lowest BCUT2D eigenvalue weighted by molar-refractivity contribution is -0.362. The Morgan fingerprint density at radius 3 is 1.73 bits per heavy atom. The lowest BCUT2D eigenvalue weighted by atomic mass is 10.3. The molecule has 2 atom stereocenters. The number of hydrogen-bond acceptors (Lipinski definition) is 3. The van der Waals surface area contributed by atoms with Gasteiger partial charge in [-0.05, 0) is 13.8 Å². The molecule has 0 aromatic rings. The van der Waals surface area contributed by atoms with Crippen molar-refractivity contribution in [2.75, 3.05) is 0 Å². The second-order valence-corrected chi connectivity index (χ2v) is 4.00. The summed E-state index contributed by atoms with van der Waals surface area (Å²) >= 11 is 0. The van der Waals surface area contributed by atoms with Crippen molar-refractivity contribution >= 4 is 8.60 Å². The van der Waals surface area contributed by atoms with E-state index in [-0.39, 0.29) is 0 Å². The maximum absolute atomic E-state index is 12.3. The Kier molecular flexibility index (Phi) is 3.55. The lowest BCUT2D eigenvalue weighted by Crippen LogP contribution is -2.37. The van der Waals surface area contributed by atoms with E-state index in [0.29, 0.717) is 0 Å². The fourth-order valence-corrected chi connectivity index (χ4v) is 1.97. The van der Waals surface area contributed by atoms with Crippen molar-refractivity contribution in [1.29, 1.82) is 0 Å². The highest BCUT2D eigenvalue weighted by Crippen LogP contribution is 2.55. The van der Waals surface area contributed by atoms with Crippen LogP contribution in [-0.2, 0) is 13.6 Å². The number of rotatable bonds is 2. The van der Waals surface area contributed by atoms with Crippen LogP contribution in [0.3, 0.4) is 0 Å². The Labute approximate surface area is 83.5 Å². The van der Waals surface area contributed by atoms with Crippen molar-refractivity contribution in [2.24, 2.45) is 0 Å². The summed E-state index contributed by atoms with van der Waals surface area (Å²) in [7, 11) is -2.65. The predicted octanol–water partition coefficient (Wildman–Crippen LogP) is 3.21. The summed E-state index contributed by atoms with van der Waals surface area (Å²) in [4.78, 5) is 0. The summed E-state index contributed by atoms with van der Waals surface area (Å²) < 4.78 is 72.6. The molecule has 0 aromatic carbocycles. The van der Waals surface area contributed by atoms with Crippen molar-refractivity contribution in [2.45, 2.75) is 38.3 Å². The van der Waals surface area contributed by atoms with Crippen molar-refractivity contribution in [1.82, 2.24) is 0 Å². The Hall–Kier alpha value is -0.0400. The molecule has 0 amide bonds. The topological polar surface area (TPSA) is 27.7 Å². The second kappa shape index (κ2) is 4.08. The molecule has 0 N–H and O–H groups in total. The van der Waals surface area contributed by atoms with E-state index in [1.165, 1.54) is 13.8 Å². The third-order valence-electron chi connectivity index (χ3n) is 1.68. The van der Waals surface area contributed by atoms with Crippen LogP contribution in [0.1, 0.15) is 13.8 Å². The molecule has 1 saturated heterocycles. The standard InChI is InChI=1S/C6H8F5O3P/c1-3-4(2)13-15(12-3)14-6(10,11)5(7,8)9/h3-4H,1-2H3. The fraction of sp³-hybridized carbons (Fsp3) is 1.00. The minimum absolute atomic E-state index is 0.569. The summed E-state index contributed by atoms with van der Waals surface area (Å²) in [5, 5.41) is 0. The van der Waals surface area contributed by atoms with Gasteiger partial charge in [-0.15, -0.1) is 0 Å². The van der Waals surface area contributed by atoms with Crippen molar-refractivity contribution in [3.63, 3.8) is 0 Å². The first-order valence-corrected chi connectivity index (χ1v) is 5.00. The van der Waals surface area contributed by atoms with Gasteiger partial charge in [-0.25, -0.2) is 4.52 Å². The third-order valence-corrected chi connectivity index (χ3v) is 3.07. The first-order valence-electron chi connectivity index (χ1n) is 3.91. The molecule has 1 rings (SSSR count). The molecule has 0 radical (unpaired) electrons. The molecule has 9 heteroatoms. The summed E-state index contributed by atoms with van der Waals surface area (Å²) in [6.45, 7) is 2.98. The summed E-state index contributed by atoms with van der Waals surface area (Å²) in [6, 6.07) is 0. The van der Waals surface area contributed by atoms with Gasteiger partial charge in [-0.3, -0.25) is 0 Å². The van der Waals surface area contributed by atoms with Gasteiger partial charge in [-0.1, -0.05) is 0 Å². The van der Waals surface area contributed by atoms with Crippen LogP contribution >= 0.6 is 8.60 Å². The van der Waals surface area contributed by atoms with E-state index in [1.807, 2.05) is 0 Å². The van der Waals surface area contributed by atoms with Gasteiger partial charge in [0, 0.05) is 0 Å². The molecule has 1 heterocycles. The lowest BCUT2D eigenvalue weighted by Gasteiger charge is -2.20. The van der Waals surface area contributed by atoms with Crippen molar-refractivity contribution < 1.29 is 35.5 Å². The van der Waals surface area contributed by atoms with Crippen LogP contribution in [0.25, 0.3) is 0 Å². The van der Waals surface area contributed by atoms with Crippen LogP contribution in [0.15, 0.2) is 0 Å². The maximum Gasteiger partial charge on any atom is 0.483 e. The molecule has 3 nitrogen and oxygen atoms in total. The quantitative estimate of drug-likeness (QED) is 0.559. The normalized spacial score (nSPS) is 33.4. The molecule has 0 spiro atoms. The molecule has 1 fully saturated rings. The highest BCUT2D eigenvalue weighted by molar-refractivity contribution is 7.42. The average molecular weight is 254 g/mol. The van der Waals surface area contributed by atoms with Gasteiger partial charge in [0.2, 0.25) is 0 Å². The van der Waals surface area contributed by atoms with Crippen LogP contribution in [0.5, 0.6) is 0 Å². The molecule has 1 aliphatic rings. The van der Waals surface area contributed by atoms with E-state index < -0.39 is 33.1 Å². The summed E-state index contributed by atoms with van der Waals surface area (Å²) in [5.74, 6) is 0. The maximum atomic E-state index is 12.3. The van der Waals surface area contributed by atoms with E-state index in [2.05, 4.69) is 13.6 Å². The zero-order valence-electron chi connectivity index (χ0n) is 7.72. The van der Waals surface area contributed by atoms with Gasteiger partial charge in [0.25, 0.3) is 0 Å². The number of halogens is 5. The van der Waals surface area contributed by atoms with Crippen molar-refractivity contribution in [3.05, 3.63) is 0 Å². The molecule has 15 heavy (non-hydrogen) atoms. The first-order chi connectivity index (χ1) is 6.63. The molecule has 0 aliphatic carbocycles. The molecule has 0 saturated carbocycles. The molecule has 2 unspecified atom stereocenters. The van der Waals surface area contributed by atoms with Crippen LogP contribution in [0, 0.1) is 0 Å². The van der Waals surface area contributed by atoms with Gasteiger partial charge < -0.3 is 9.05 Å². The zero-order valence-corrected chi connectivity index (χ0v) is 8.61. The Morgan fingerprint density at radius 1 is 1.00 bits per heavy atom. The van der Waals surface area contributed by atoms with Gasteiger partial charge in [0.15, 0.2) is 0 Å². The Balaban J connectivity index is 2.56. The molecular weight excluding hydrogens is 246 g/mol. The molecular formula is C6H8F5O3P. The third kappa shape index (κ3) is 2.96. The van der Waals surface area contributed by atoms with Gasteiger partial charge in [0.1, 0.15) is 0 Å². The smallest absolute Gasteiger partial charge is 0.306 e. The van der Waals surface area contributed by atoms with Crippen LogP contribution in [0.2, 0.25) is 0 Å². The Morgan fingerprint density at radius 2 is 1.40 bits per heavy atom. The highest BCUT2D eigenvalue weighted by atomic mass is 31.2. The Bertz CT molecular complexity index is 223. The average Bonchev–Trinajstić information content (AvgIpc) is 2.27. The second-order valence-electron chi connectivity index (χ2n) is 2.95. The van der Waals surface area contributed by atoms with Gasteiger partial charge >= 0.3 is 20.9 Å². The van der Waals surface area contributed by atoms with E-state index in [4.69, 9.17) is 0 Å². The van der Waals surface area contributed by atoms with Crippen LogP contribution in [0.4, 0.5) is 22.0 Å². The zero-order chi connectivity index (χ0) is 11.9. The SMILES string of the molecule is CC1OP(OC(F)(F)C(F)(F)F)OC1C. The minimum Gasteiger partial charge on any atom is -0.306 e. The molecule has 0 aromatic heterocycles. The number of alkyl halides is 5. The summed E-state index contributed by atoms with van der Waals surface area (Å²) in [6.07, 6.45) is -12.2. The first kappa shape index (κ1) is 13.0. The number of hydrogen-bond donors (Lipinski definition) is 0. The van der Waals surface area contributed by atoms with E-state index >= 15 is 0 Å².